The van der Waals surface area contributed by atoms with Crippen molar-refractivity contribution in [1.29, 1.82) is 0 Å². The highest BCUT2D eigenvalue weighted by molar-refractivity contribution is 7.98. The van der Waals surface area contributed by atoms with Crippen LogP contribution in [-0.2, 0) is 5.75 Å². The van der Waals surface area contributed by atoms with Gasteiger partial charge < -0.3 is 4.98 Å². The van der Waals surface area contributed by atoms with Crippen molar-refractivity contribution in [2.75, 3.05) is 0 Å². The summed E-state index contributed by atoms with van der Waals surface area (Å²) in [6, 6.07) is 18.8. The first-order valence-electron chi connectivity index (χ1n) is 9.93. The Bertz CT molecular complexity index is 1320. The first kappa shape index (κ1) is 22.0. The second-order valence-electron chi connectivity index (χ2n) is 7.21. The molecule has 2 amide bonds. The molecule has 0 aliphatic rings. The molecule has 4 aromatic rings. The van der Waals surface area contributed by atoms with Crippen LogP contribution < -0.4 is 10.9 Å². The van der Waals surface area contributed by atoms with Crippen LogP contribution in [0.25, 0.3) is 11.0 Å². The van der Waals surface area contributed by atoms with Crippen LogP contribution in [0.1, 0.15) is 31.8 Å². The van der Waals surface area contributed by atoms with Gasteiger partial charge in [0.2, 0.25) is 0 Å². The van der Waals surface area contributed by atoms with Gasteiger partial charge in [-0.15, -0.1) is 0 Å². The number of carbonyl (C=O) groups excluding carboxylic acids is 2. The number of aryl methyl sites for hydroxylation is 1. The monoisotopic (exact) mass is 461 g/mol. The first-order chi connectivity index (χ1) is 15.9. The molecule has 0 aliphatic heterocycles. The summed E-state index contributed by atoms with van der Waals surface area (Å²) in [5, 5.41) is 11.7. The number of nitrogens with zero attached hydrogens (tertiary/aromatic N) is 2. The molecule has 4 rings (SSSR count). The van der Waals surface area contributed by atoms with E-state index in [4.69, 9.17) is 0 Å². The number of para-hydroxylation sites is 2. The molecular formula is C23H19N5O4S. The van der Waals surface area contributed by atoms with Crippen LogP contribution >= 0.6 is 11.8 Å². The van der Waals surface area contributed by atoms with Crippen molar-refractivity contribution in [3.8, 4) is 0 Å². The third-order valence-corrected chi connectivity index (χ3v) is 5.85. The Kier molecular flexibility index (Phi) is 6.36. The SMILES string of the molecule is Cc1cc(C(=O)NNC(=O)c2ccc(CSc3nc4ccccc4[nH]3)cc2)ccc1[N+](=O)[O-]. The smallest absolute Gasteiger partial charge is 0.272 e. The minimum Gasteiger partial charge on any atom is -0.333 e. The summed E-state index contributed by atoms with van der Waals surface area (Å²) in [5.41, 5.74) is 8.46. The Labute approximate surface area is 192 Å². The highest BCUT2D eigenvalue weighted by atomic mass is 32.2. The molecule has 33 heavy (non-hydrogen) atoms. The molecule has 9 nitrogen and oxygen atoms in total. The normalized spacial score (nSPS) is 10.7. The van der Waals surface area contributed by atoms with E-state index in [1.54, 1.807) is 30.8 Å². The van der Waals surface area contributed by atoms with Crippen molar-refractivity contribution >= 4 is 40.3 Å². The van der Waals surface area contributed by atoms with Gasteiger partial charge in [0.15, 0.2) is 5.16 Å². The summed E-state index contributed by atoms with van der Waals surface area (Å²) in [6.07, 6.45) is 0. The Morgan fingerprint density at radius 1 is 1.00 bits per heavy atom. The Hall–Kier alpha value is -4.18. The third kappa shape index (κ3) is 5.18. The van der Waals surface area contributed by atoms with Gasteiger partial charge in [0.1, 0.15) is 0 Å². The third-order valence-electron chi connectivity index (χ3n) is 4.90. The number of fused-ring (bicyclic) bond motifs is 1. The molecule has 0 saturated carbocycles. The van der Waals surface area contributed by atoms with Gasteiger partial charge in [-0.05, 0) is 48.9 Å². The van der Waals surface area contributed by atoms with Crippen molar-refractivity contribution in [2.24, 2.45) is 0 Å². The van der Waals surface area contributed by atoms with E-state index in [0.717, 1.165) is 21.8 Å². The summed E-state index contributed by atoms with van der Waals surface area (Å²) in [4.78, 5) is 42.8. The number of hydrogen-bond acceptors (Lipinski definition) is 6. The van der Waals surface area contributed by atoms with Crippen molar-refractivity contribution in [3.05, 3.63) is 99.1 Å². The molecular weight excluding hydrogens is 442 g/mol. The zero-order chi connectivity index (χ0) is 23.4. The fourth-order valence-electron chi connectivity index (χ4n) is 3.16. The average molecular weight is 462 g/mol. The van der Waals surface area contributed by atoms with Crippen LogP contribution in [-0.4, -0.2) is 26.7 Å². The zero-order valence-corrected chi connectivity index (χ0v) is 18.3. The van der Waals surface area contributed by atoms with Gasteiger partial charge in [-0.1, -0.05) is 36.0 Å². The average Bonchev–Trinajstić information content (AvgIpc) is 3.24. The van der Waals surface area contributed by atoms with Crippen LogP contribution in [0.5, 0.6) is 0 Å². The molecule has 10 heteroatoms. The maximum absolute atomic E-state index is 12.3. The number of thioether (sulfide) groups is 1. The highest BCUT2D eigenvalue weighted by Crippen LogP contribution is 2.23. The van der Waals surface area contributed by atoms with Gasteiger partial charge in [0, 0.05) is 28.5 Å². The molecule has 3 N–H and O–H groups in total. The van der Waals surface area contributed by atoms with Crippen molar-refractivity contribution in [1.82, 2.24) is 20.8 Å². The zero-order valence-electron chi connectivity index (χ0n) is 17.5. The van der Waals surface area contributed by atoms with Gasteiger partial charge in [-0.2, -0.15) is 0 Å². The number of hydrogen-bond donors (Lipinski definition) is 3. The largest absolute Gasteiger partial charge is 0.333 e. The lowest BCUT2D eigenvalue weighted by atomic mass is 10.1. The minimum absolute atomic E-state index is 0.0749. The molecule has 0 radical (unpaired) electrons. The molecule has 0 bridgehead atoms. The standard InChI is InChI=1S/C23H19N5O4S/c1-14-12-17(10-11-20(14)28(31)32)22(30)27-26-21(29)16-8-6-15(7-9-16)13-33-23-24-18-4-2-3-5-19(18)25-23/h2-12H,13H2,1H3,(H,24,25)(H,26,29)(H,27,30). The number of H-pyrrole nitrogens is 1. The fourth-order valence-corrected chi connectivity index (χ4v) is 4.00. The van der Waals surface area contributed by atoms with Gasteiger partial charge in [-0.3, -0.25) is 30.6 Å². The van der Waals surface area contributed by atoms with Gasteiger partial charge in [-0.25, -0.2) is 4.98 Å². The second kappa shape index (κ2) is 9.53. The highest BCUT2D eigenvalue weighted by Gasteiger charge is 2.15. The summed E-state index contributed by atoms with van der Waals surface area (Å²) in [5.74, 6) is -0.364. The van der Waals surface area contributed by atoms with Gasteiger partial charge >= 0.3 is 0 Å². The van der Waals surface area contributed by atoms with Crippen molar-refractivity contribution in [3.63, 3.8) is 0 Å². The topological polar surface area (TPSA) is 130 Å². The first-order valence-corrected chi connectivity index (χ1v) is 10.9. The molecule has 0 saturated heterocycles. The van der Waals surface area contributed by atoms with Crippen molar-refractivity contribution in [2.45, 2.75) is 17.8 Å². The van der Waals surface area contributed by atoms with Crippen LogP contribution in [0.2, 0.25) is 0 Å². The molecule has 1 aromatic heterocycles. The molecule has 3 aromatic carbocycles. The van der Waals surface area contributed by atoms with E-state index in [0.29, 0.717) is 16.9 Å². The fraction of sp³-hybridized carbons (Fsp3) is 0.0870. The summed E-state index contributed by atoms with van der Waals surface area (Å²) < 4.78 is 0. The van der Waals surface area contributed by atoms with E-state index in [-0.39, 0.29) is 11.3 Å². The predicted octanol–water partition coefficient (Wildman–Crippen LogP) is 4.15. The van der Waals surface area contributed by atoms with Gasteiger partial charge in [0.05, 0.1) is 16.0 Å². The minimum atomic E-state index is -0.569. The quantitative estimate of drug-likeness (QED) is 0.225. The predicted molar refractivity (Wildman–Crippen MR) is 125 cm³/mol. The summed E-state index contributed by atoms with van der Waals surface area (Å²) >= 11 is 1.56. The lowest BCUT2D eigenvalue weighted by Crippen LogP contribution is -2.41. The van der Waals surface area contributed by atoms with Crippen LogP contribution in [0, 0.1) is 17.0 Å². The molecule has 0 aliphatic carbocycles. The van der Waals surface area contributed by atoms with Gasteiger partial charge in [0.25, 0.3) is 17.5 Å². The Balaban J connectivity index is 1.31. The van der Waals surface area contributed by atoms with E-state index in [1.165, 1.54) is 18.2 Å². The van der Waals surface area contributed by atoms with E-state index in [9.17, 15) is 19.7 Å². The maximum atomic E-state index is 12.3. The summed E-state index contributed by atoms with van der Waals surface area (Å²) in [7, 11) is 0. The molecule has 0 spiro atoms. The van der Waals surface area contributed by atoms with E-state index < -0.39 is 16.7 Å². The Morgan fingerprint density at radius 3 is 2.33 bits per heavy atom. The van der Waals surface area contributed by atoms with Crippen molar-refractivity contribution < 1.29 is 14.5 Å². The van der Waals surface area contributed by atoms with Crippen LogP contribution in [0.4, 0.5) is 5.69 Å². The number of imidazole rings is 1. The number of aromatic amines is 1. The van der Waals surface area contributed by atoms with E-state index in [1.807, 2.05) is 36.4 Å². The molecule has 0 fully saturated rings. The summed E-state index contributed by atoms with van der Waals surface area (Å²) in [6.45, 7) is 1.54. The lowest BCUT2D eigenvalue weighted by molar-refractivity contribution is -0.385. The number of nitro benzene ring substituents is 1. The molecule has 0 unspecified atom stereocenters. The van der Waals surface area contributed by atoms with E-state index in [2.05, 4.69) is 20.8 Å². The molecule has 1 heterocycles. The lowest BCUT2D eigenvalue weighted by Gasteiger charge is -2.08. The number of carbonyl (C=O) groups is 2. The number of nitrogens with one attached hydrogen (secondary N) is 3. The molecule has 166 valence electrons. The number of amides is 2. The van der Waals surface area contributed by atoms with Crippen LogP contribution in [0.15, 0.2) is 71.9 Å². The number of nitro groups is 1. The number of hydrazine groups is 1. The number of rotatable bonds is 6. The van der Waals surface area contributed by atoms with E-state index >= 15 is 0 Å². The Morgan fingerprint density at radius 2 is 1.67 bits per heavy atom. The second-order valence-corrected chi connectivity index (χ2v) is 8.18. The number of aromatic nitrogens is 2. The molecule has 0 atom stereocenters. The number of benzene rings is 3. The maximum Gasteiger partial charge on any atom is 0.272 e. The van der Waals surface area contributed by atoms with Crippen LogP contribution in [0.3, 0.4) is 0 Å².